The number of H-pyrrole nitrogens is 1. The highest BCUT2D eigenvalue weighted by Crippen LogP contribution is 2.30. The smallest absolute Gasteiger partial charge is 0.321 e. The van der Waals surface area contributed by atoms with Crippen LogP contribution in [0.3, 0.4) is 0 Å². The van der Waals surface area contributed by atoms with Crippen LogP contribution in [0.5, 0.6) is 0 Å². The SMILES string of the molecule is O=C(Nc1ccccc1)N1CC(c2nc3c(cnn3C3CCCCC3)c(=O)[nH]2)C1. The van der Waals surface area contributed by atoms with Crippen molar-refractivity contribution >= 4 is 22.8 Å². The van der Waals surface area contributed by atoms with Crippen molar-refractivity contribution < 1.29 is 4.79 Å². The molecule has 1 aliphatic carbocycles. The molecule has 3 aromatic rings. The predicted molar refractivity (Wildman–Crippen MR) is 110 cm³/mol. The van der Waals surface area contributed by atoms with Crippen LogP contribution in [-0.2, 0) is 0 Å². The number of aromatic nitrogens is 4. The minimum atomic E-state index is -0.153. The lowest BCUT2D eigenvalue weighted by Crippen LogP contribution is -2.51. The largest absolute Gasteiger partial charge is 0.323 e. The van der Waals surface area contributed by atoms with Gasteiger partial charge in [-0.2, -0.15) is 5.10 Å². The Bertz CT molecular complexity index is 1080. The third-order valence-corrected chi connectivity index (χ3v) is 5.98. The highest BCUT2D eigenvalue weighted by molar-refractivity contribution is 5.90. The minimum absolute atomic E-state index is 0.0309. The second kappa shape index (κ2) is 7.35. The average molecular weight is 392 g/mol. The van der Waals surface area contributed by atoms with Gasteiger partial charge in [0.05, 0.1) is 18.2 Å². The maximum atomic E-state index is 12.6. The molecule has 3 heterocycles. The Balaban J connectivity index is 1.32. The van der Waals surface area contributed by atoms with E-state index in [4.69, 9.17) is 4.98 Å². The number of nitrogens with one attached hydrogen (secondary N) is 2. The zero-order valence-electron chi connectivity index (χ0n) is 16.2. The first-order chi connectivity index (χ1) is 14.2. The van der Waals surface area contributed by atoms with Gasteiger partial charge in [-0.15, -0.1) is 0 Å². The first-order valence-electron chi connectivity index (χ1n) is 10.3. The van der Waals surface area contributed by atoms with Crippen molar-refractivity contribution in [1.29, 1.82) is 0 Å². The van der Waals surface area contributed by atoms with Crippen LogP contribution >= 0.6 is 0 Å². The third-order valence-electron chi connectivity index (χ3n) is 5.98. The van der Waals surface area contributed by atoms with E-state index in [0.29, 0.717) is 36.0 Å². The molecule has 0 atom stereocenters. The Morgan fingerprint density at radius 1 is 1.10 bits per heavy atom. The highest BCUT2D eigenvalue weighted by Gasteiger charge is 2.34. The lowest BCUT2D eigenvalue weighted by Gasteiger charge is -2.38. The summed E-state index contributed by atoms with van der Waals surface area (Å²) in [4.78, 5) is 34.3. The van der Waals surface area contributed by atoms with Crippen LogP contribution in [0.25, 0.3) is 11.0 Å². The maximum absolute atomic E-state index is 12.6. The summed E-state index contributed by atoms with van der Waals surface area (Å²) in [6.45, 7) is 1.06. The molecule has 8 nitrogen and oxygen atoms in total. The quantitative estimate of drug-likeness (QED) is 0.715. The highest BCUT2D eigenvalue weighted by atomic mass is 16.2. The van der Waals surface area contributed by atoms with Crippen LogP contribution in [-0.4, -0.2) is 43.8 Å². The van der Waals surface area contributed by atoms with Crippen molar-refractivity contribution in [3.05, 3.63) is 52.7 Å². The number of nitrogens with zero attached hydrogens (tertiary/aromatic N) is 4. The molecule has 1 saturated heterocycles. The molecular weight excluding hydrogens is 368 g/mol. The van der Waals surface area contributed by atoms with Crippen LogP contribution in [0.4, 0.5) is 10.5 Å². The number of hydrogen-bond donors (Lipinski definition) is 2. The van der Waals surface area contributed by atoms with Crippen LogP contribution in [0, 0.1) is 0 Å². The number of rotatable bonds is 3. The molecule has 2 N–H and O–H groups in total. The first kappa shape index (κ1) is 17.9. The normalized spacial score (nSPS) is 18.0. The molecule has 2 fully saturated rings. The summed E-state index contributed by atoms with van der Waals surface area (Å²) < 4.78 is 1.94. The molecule has 0 radical (unpaired) electrons. The molecule has 2 aliphatic rings. The molecule has 1 aromatic carbocycles. The van der Waals surface area contributed by atoms with Gasteiger partial charge in [-0.1, -0.05) is 37.5 Å². The van der Waals surface area contributed by atoms with Gasteiger partial charge in [0.2, 0.25) is 0 Å². The van der Waals surface area contributed by atoms with Crippen LogP contribution < -0.4 is 10.9 Å². The van der Waals surface area contributed by atoms with Crippen molar-refractivity contribution in [3.63, 3.8) is 0 Å². The lowest BCUT2D eigenvalue weighted by atomic mass is 9.96. The number of likely N-dealkylation sites (tertiary alicyclic amines) is 1. The number of aromatic amines is 1. The number of para-hydroxylation sites is 1. The Labute approximate surface area is 167 Å². The molecule has 0 bridgehead atoms. The zero-order valence-corrected chi connectivity index (χ0v) is 16.2. The summed E-state index contributed by atoms with van der Waals surface area (Å²) in [6, 6.07) is 9.57. The van der Waals surface area contributed by atoms with Gasteiger partial charge in [0.15, 0.2) is 5.65 Å². The van der Waals surface area contributed by atoms with Gasteiger partial charge in [0.25, 0.3) is 5.56 Å². The summed E-state index contributed by atoms with van der Waals surface area (Å²) in [5, 5.41) is 7.90. The summed E-state index contributed by atoms with van der Waals surface area (Å²) in [7, 11) is 0. The van der Waals surface area contributed by atoms with Crippen LogP contribution in [0.15, 0.2) is 41.3 Å². The predicted octanol–water partition coefficient (Wildman–Crippen LogP) is 3.26. The van der Waals surface area contributed by atoms with Crippen molar-refractivity contribution in [3.8, 4) is 0 Å². The van der Waals surface area contributed by atoms with Gasteiger partial charge in [-0.3, -0.25) is 4.79 Å². The van der Waals surface area contributed by atoms with Gasteiger partial charge in [0.1, 0.15) is 11.2 Å². The lowest BCUT2D eigenvalue weighted by molar-refractivity contribution is 0.161. The van der Waals surface area contributed by atoms with Gasteiger partial charge in [-0.25, -0.2) is 14.5 Å². The molecule has 2 aromatic heterocycles. The Morgan fingerprint density at radius 3 is 2.62 bits per heavy atom. The van der Waals surface area contributed by atoms with Gasteiger partial charge < -0.3 is 15.2 Å². The molecule has 8 heteroatoms. The molecule has 2 amide bonds. The first-order valence-corrected chi connectivity index (χ1v) is 10.3. The Hall–Kier alpha value is -3.16. The van der Waals surface area contributed by atoms with E-state index < -0.39 is 0 Å². The van der Waals surface area contributed by atoms with Gasteiger partial charge >= 0.3 is 6.03 Å². The van der Waals surface area contributed by atoms with Crippen molar-refractivity contribution in [2.24, 2.45) is 0 Å². The van der Waals surface area contributed by atoms with Crippen LogP contribution in [0.2, 0.25) is 0 Å². The van der Waals surface area contributed by atoms with Gasteiger partial charge in [-0.05, 0) is 25.0 Å². The van der Waals surface area contributed by atoms with E-state index in [1.165, 1.54) is 19.3 Å². The second-order valence-corrected chi connectivity index (χ2v) is 7.97. The Morgan fingerprint density at radius 2 is 1.86 bits per heavy atom. The van der Waals surface area contributed by atoms with Crippen molar-refractivity contribution in [2.75, 3.05) is 18.4 Å². The monoisotopic (exact) mass is 392 g/mol. The number of carbonyl (C=O) groups is 1. The number of carbonyl (C=O) groups excluding carboxylic acids is 1. The fraction of sp³-hybridized carbons (Fsp3) is 0.429. The van der Waals surface area contributed by atoms with Gasteiger partial charge in [0, 0.05) is 18.8 Å². The third kappa shape index (κ3) is 3.39. The van der Waals surface area contributed by atoms with Crippen LogP contribution in [0.1, 0.15) is 49.9 Å². The minimum Gasteiger partial charge on any atom is -0.323 e. The molecular formula is C21H24N6O2. The standard InChI is InChI=1S/C21H24N6O2/c28-20-17-11-22-27(16-9-5-2-6-10-16)19(17)24-18(25-20)14-12-26(13-14)21(29)23-15-7-3-1-4-8-15/h1,3-4,7-8,11,14,16H,2,5-6,9-10,12-13H2,(H,23,29)(H,24,25,28). The van der Waals surface area contributed by atoms with E-state index >= 15 is 0 Å². The van der Waals surface area contributed by atoms with E-state index in [1.54, 1.807) is 11.1 Å². The number of hydrogen-bond acceptors (Lipinski definition) is 4. The van der Waals surface area contributed by atoms with Crippen molar-refractivity contribution in [2.45, 2.75) is 44.1 Å². The number of anilines is 1. The van der Waals surface area contributed by atoms with E-state index in [2.05, 4.69) is 15.4 Å². The molecule has 150 valence electrons. The average Bonchev–Trinajstić information content (AvgIpc) is 3.13. The summed E-state index contributed by atoms with van der Waals surface area (Å²) in [5.74, 6) is 0.673. The summed E-state index contributed by atoms with van der Waals surface area (Å²) in [5.41, 5.74) is 1.28. The Kier molecular flexibility index (Phi) is 4.54. The van der Waals surface area contributed by atoms with E-state index in [1.807, 2.05) is 35.0 Å². The number of amides is 2. The van der Waals surface area contributed by atoms with E-state index in [0.717, 1.165) is 18.5 Å². The molecule has 1 aliphatic heterocycles. The second-order valence-electron chi connectivity index (χ2n) is 7.97. The van der Waals surface area contributed by atoms with E-state index in [-0.39, 0.29) is 17.5 Å². The number of urea groups is 1. The maximum Gasteiger partial charge on any atom is 0.321 e. The molecule has 29 heavy (non-hydrogen) atoms. The number of benzene rings is 1. The number of fused-ring (bicyclic) bond motifs is 1. The fourth-order valence-corrected chi connectivity index (χ4v) is 4.28. The fourth-order valence-electron chi connectivity index (χ4n) is 4.28. The molecule has 5 rings (SSSR count). The summed E-state index contributed by atoms with van der Waals surface area (Å²) in [6.07, 6.45) is 7.43. The topological polar surface area (TPSA) is 95.9 Å². The molecule has 0 unspecified atom stereocenters. The van der Waals surface area contributed by atoms with E-state index in [9.17, 15) is 9.59 Å². The summed E-state index contributed by atoms with van der Waals surface area (Å²) >= 11 is 0. The van der Waals surface area contributed by atoms with Crippen molar-refractivity contribution in [1.82, 2.24) is 24.6 Å². The molecule has 0 spiro atoms. The zero-order chi connectivity index (χ0) is 19.8. The molecule has 1 saturated carbocycles.